The van der Waals surface area contributed by atoms with Crippen LogP contribution in [0.5, 0.6) is 0 Å². The molecule has 6 rings (SSSR count). The van der Waals surface area contributed by atoms with E-state index in [0.29, 0.717) is 18.6 Å². The molecule has 6 bridgehead atoms. The molecule has 0 N–H and O–H groups in total. The largest absolute Gasteiger partial charge is 0.299 e. The molecule has 0 radical (unpaired) electrons. The second kappa shape index (κ2) is 4.37. The highest BCUT2D eigenvalue weighted by Gasteiger charge is 2.57. The van der Waals surface area contributed by atoms with Gasteiger partial charge in [-0.05, 0) is 82.0 Å². The topological polar surface area (TPSA) is 51.2 Å². The van der Waals surface area contributed by atoms with Gasteiger partial charge in [-0.2, -0.15) is 0 Å². The minimum Gasteiger partial charge on any atom is -0.299 e. The van der Waals surface area contributed by atoms with Gasteiger partial charge in [0.2, 0.25) is 0 Å². The Labute approximate surface area is 133 Å². The molecule has 4 saturated carbocycles. The van der Waals surface area contributed by atoms with Crippen LogP contribution < -0.4 is 0 Å². The van der Waals surface area contributed by atoms with Crippen molar-refractivity contribution >= 4 is 15.6 Å². The maximum Gasteiger partial charge on any atom is 0.156 e. The molecule has 0 spiro atoms. The number of carbonyl (C=O) groups excluding carboxylic acids is 1. The lowest BCUT2D eigenvalue weighted by atomic mass is 9.47. The molecule has 0 aromatic carbocycles. The quantitative estimate of drug-likeness (QED) is 0.785. The summed E-state index contributed by atoms with van der Waals surface area (Å²) in [5, 5.41) is -0.400. The fourth-order valence-corrected chi connectivity index (χ4v) is 9.74. The van der Waals surface area contributed by atoms with Gasteiger partial charge in [-0.1, -0.05) is 0 Å². The maximum absolute atomic E-state index is 13.4. The Morgan fingerprint density at radius 2 is 1.23 bits per heavy atom. The third-order valence-corrected chi connectivity index (χ3v) is 10.5. The van der Waals surface area contributed by atoms with E-state index < -0.39 is 9.84 Å². The average Bonchev–Trinajstić information content (AvgIpc) is 2.64. The van der Waals surface area contributed by atoms with Crippen molar-refractivity contribution in [2.75, 3.05) is 0 Å². The highest BCUT2D eigenvalue weighted by molar-refractivity contribution is 7.93. The summed E-state index contributed by atoms with van der Waals surface area (Å²) in [4.78, 5) is 13.4. The van der Waals surface area contributed by atoms with Crippen molar-refractivity contribution in [3.63, 3.8) is 0 Å². The molecule has 4 heteroatoms. The molecule has 2 atom stereocenters. The molecule has 0 aromatic heterocycles. The van der Waals surface area contributed by atoms with E-state index in [9.17, 15) is 13.2 Å². The fourth-order valence-electron chi connectivity index (χ4n) is 7.27. The summed E-state index contributed by atoms with van der Waals surface area (Å²) in [6.07, 6.45) is 10.3. The Bertz CT molecular complexity index is 565. The SMILES string of the molecule is O=C(C1CC2CCC(C1)S2(=O)=O)C12CC3CC(CC(C3)C1)C2. The number of sulfone groups is 1. The van der Waals surface area contributed by atoms with Gasteiger partial charge in [-0.15, -0.1) is 0 Å². The number of rotatable bonds is 2. The van der Waals surface area contributed by atoms with Gasteiger partial charge >= 0.3 is 0 Å². The van der Waals surface area contributed by atoms with Crippen molar-refractivity contribution in [2.45, 2.75) is 74.7 Å². The van der Waals surface area contributed by atoms with Gasteiger partial charge in [0.25, 0.3) is 0 Å². The summed E-state index contributed by atoms with van der Waals surface area (Å²) in [6, 6.07) is 0. The van der Waals surface area contributed by atoms with Crippen LogP contribution in [0.1, 0.15) is 64.2 Å². The summed E-state index contributed by atoms with van der Waals surface area (Å²) >= 11 is 0. The van der Waals surface area contributed by atoms with Crippen LogP contribution in [0.25, 0.3) is 0 Å². The second-order valence-electron chi connectivity index (χ2n) is 9.14. The Hall–Kier alpha value is -0.380. The zero-order valence-corrected chi connectivity index (χ0v) is 14.0. The molecular formula is C18H26O3S. The molecule has 6 aliphatic rings. The van der Waals surface area contributed by atoms with Gasteiger partial charge in [-0.25, -0.2) is 8.42 Å². The first-order valence-electron chi connectivity index (χ1n) is 9.23. The van der Waals surface area contributed by atoms with Crippen LogP contribution in [0.15, 0.2) is 0 Å². The predicted molar refractivity (Wildman–Crippen MR) is 84.1 cm³/mol. The van der Waals surface area contributed by atoms with Crippen molar-refractivity contribution in [2.24, 2.45) is 29.1 Å². The Morgan fingerprint density at radius 3 is 1.68 bits per heavy atom. The average molecular weight is 322 g/mol. The minimum atomic E-state index is -2.90. The standard InChI is InChI=1S/C18H26O3S/c19-17(14-6-15-1-2-16(7-14)22(15,20)21)18-8-11-3-12(9-18)5-13(4-11)10-18/h11-16H,1-10H2. The predicted octanol–water partition coefficient (Wildman–Crippen LogP) is 3.13. The molecule has 0 aromatic rings. The number of ketones is 1. The third kappa shape index (κ3) is 1.79. The van der Waals surface area contributed by atoms with Crippen LogP contribution in [0.2, 0.25) is 0 Å². The van der Waals surface area contributed by atoms with Crippen molar-refractivity contribution in [1.82, 2.24) is 0 Å². The van der Waals surface area contributed by atoms with Gasteiger partial charge in [0.15, 0.2) is 9.84 Å². The van der Waals surface area contributed by atoms with Gasteiger partial charge < -0.3 is 0 Å². The second-order valence-corrected chi connectivity index (χ2v) is 11.7. The molecule has 0 amide bonds. The van der Waals surface area contributed by atoms with E-state index >= 15 is 0 Å². The molecule has 2 unspecified atom stereocenters. The lowest BCUT2D eigenvalue weighted by Crippen LogP contribution is -2.53. The lowest BCUT2D eigenvalue weighted by Gasteiger charge is -2.56. The first-order chi connectivity index (χ1) is 10.5. The molecule has 122 valence electrons. The molecule has 2 aliphatic heterocycles. The van der Waals surface area contributed by atoms with Crippen molar-refractivity contribution < 1.29 is 13.2 Å². The molecule has 2 saturated heterocycles. The van der Waals surface area contributed by atoms with E-state index in [1.807, 2.05) is 0 Å². The van der Waals surface area contributed by atoms with E-state index in [4.69, 9.17) is 0 Å². The van der Waals surface area contributed by atoms with Crippen molar-refractivity contribution in [3.8, 4) is 0 Å². The summed E-state index contributed by atoms with van der Waals surface area (Å²) < 4.78 is 24.6. The van der Waals surface area contributed by atoms with Crippen LogP contribution in [-0.4, -0.2) is 24.7 Å². The first kappa shape index (κ1) is 14.0. The van der Waals surface area contributed by atoms with E-state index in [1.54, 1.807) is 0 Å². The summed E-state index contributed by atoms with van der Waals surface area (Å²) in [7, 11) is -2.90. The van der Waals surface area contributed by atoms with Crippen LogP contribution in [0.4, 0.5) is 0 Å². The van der Waals surface area contributed by atoms with Crippen LogP contribution in [0.3, 0.4) is 0 Å². The van der Waals surface area contributed by atoms with E-state index in [0.717, 1.165) is 49.9 Å². The summed E-state index contributed by atoms with van der Waals surface area (Å²) in [5.74, 6) is 2.91. The molecular weight excluding hydrogens is 296 g/mol. The highest BCUT2D eigenvalue weighted by atomic mass is 32.2. The minimum absolute atomic E-state index is 0.0417. The van der Waals surface area contributed by atoms with E-state index in [-0.39, 0.29) is 21.8 Å². The lowest BCUT2D eigenvalue weighted by molar-refractivity contribution is -0.148. The van der Waals surface area contributed by atoms with Crippen molar-refractivity contribution in [3.05, 3.63) is 0 Å². The Morgan fingerprint density at radius 1 is 0.773 bits per heavy atom. The zero-order valence-electron chi connectivity index (χ0n) is 13.2. The van der Waals surface area contributed by atoms with Crippen molar-refractivity contribution in [1.29, 1.82) is 0 Å². The monoisotopic (exact) mass is 322 g/mol. The molecule has 3 nitrogen and oxygen atoms in total. The van der Waals surface area contributed by atoms with Gasteiger partial charge in [0.05, 0.1) is 10.5 Å². The highest BCUT2D eigenvalue weighted by Crippen LogP contribution is 2.61. The smallest absolute Gasteiger partial charge is 0.156 e. The van der Waals surface area contributed by atoms with Gasteiger partial charge in [-0.3, -0.25) is 4.79 Å². The third-order valence-electron chi connectivity index (χ3n) is 7.77. The number of hydrogen-bond donors (Lipinski definition) is 0. The first-order valence-corrected chi connectivity index (χ1v) is 10.8. The number of Topliss-reactive ketones (excluding diaryl/α,β-unsaturated/α-hetero) is 1. The molecule has 6 fully saturated rings. The Kier molecular flexibility index (Phi) is 2.78. The summed E-state index contributed by atoms with van der Waals surface area (Å²) in [5.41, 5.74) is -0.0417. The molecule has 4 aliphatic carbocycles. The van der Waals surface area contributed by atoms with Crippen LogP contribution in [-0.2, 0) is 14.6 Å². The zero-order chi connectivity index (χ0) is 15.1. The number of fused-ring (bicyclic) bond motifs is 2. The normalized spacial score (nSPS) is 54.5. The van der Waals surface area contributed by atoms with E-state index in [1.165, 1.54) is 19.3 Å². The summed E-state index contributed by atoms with van der Waals surface area (Å²) in [6.45, 7) is 0. The van der Waals surface area contributed by atoms with Crippen LogP contribution in [0, 0.1) is 29.1 Å². The van der Waals surface area contributed by atoms with Gasteiger partial charge in [0.1, 0.15) is 5.78 Å². The fraction of sp³-hybridized carbons (Fsp3) is 0.944. The maximum atomic E-state index is 13.4. The number of carbonyl (C=O) groups is 1. The van der Waals surface area contributed by atoms with Crippen LogP contribution >= 0.6 is 0 Å². The van der Waals surface area contributed by atoms with E-state index in [2.05, 4.69) is 0 Å². The molecule has 22 heavy (non-hydrogen) atoms. The molecule has 2 heterocycles. The Balaban J connectivity index is 1.42. The number of hydrogen-bond acceptors (Lipinski definition) is 3. The van der Waals surface area contributed by atoms with Gasteiger partial charge in [0, 0.05) is 11.3 Å².